The number of alkyl halides is 3. The molecule has 1 unspecified atom stereocenters. The van der Waals surface area contributed by atoms with E-state index in [9.17, 15) is 13.2 Å². The van der Waals surface area contributed by atoms with Crippen LogP contribution in [0.5, 0.6) is 0 Å². The molecule has 1 aromatic heterocycles. The molecule has 0 aliphatic heterocycles. The Hall–Kier alpha value is -2.67. The molecule has 0 radical (unpaired) electrons. The van der Waals surface area contributed by atoms with E-state index in [1.165, 1.54) is 17.7 Å². The Bertz CT molecular complexity index is 1010. The second-order valence-electron chi connectivity index (χ2n) is 8.37. The molecule has 7 heteroatoms. The normalized spacial score (nSPS) is 22.5. The molecular weight excluding hydrogens is 391 g/mol. The summed E-state index contributed by atoms with van der Waals surface area (Å²) in [6.07, 6.45) is -0.161. The lowest BCUT2D eigenvalue weighted by atomic mass is 9.68. The number of nitrogens with one attached hydrogen (secondary N) is 1. The first-order valence-electron chi connectivity index (χ1n) is 10.2. The predicted octanol–water partition coefficient (Wildman–Crippen LogP) is 5.32. The van der Waals surface area contributed by atoms with E-state index in [0.717, 1.165) is 44.4 Å². The van der Waals surface area contributed by atoms with Crippen LogP contribution in [0, 0.1) is 0 Å². The SMILES string of the molecule is FC(F)(F)c1ccc(-c2nc(C3(CNC4C[C@@H]4c4ccccc4)CCC3)no2)cc1. The number of rotatable bonds is 6. The molecule has 4 nitrogen and oxygen atoms in total. The molecule has 0 amide bonds. The van der Waals surface area contributed by atoms with E-state index in [1.807, 2.05) is 6.07 Å². The lowest BCUT2D eigenvalue weighted by Gasteiger charge is -2.39. The third kappa shape index (κ3) is 3.62. The van der Waals surface area contributed by atoms with Crippen LogP contribution >= 0.6 is 0 Å². The van der Waals surface area contributed by atoms with Crippen molar-refractivity contribution in [3.8, 4) is 11.5 Å². The summed E-state index contributed by atoms with van der Waals surface area (Å²) in [5, 5.41) is 7.86. The Morgan fingerprint density at radius 1 is 1.03 bits per heavy atom. The molecule has 30 heavy (non-hydrogen) atoms. The number of aromatic nitrogens is 2. The molecule has 2 aromatic carbocycles. The van der Waals surface area contributed by atoms with Gasteiger partial charge in [-0.3, -0.25) is 0 Å². The summed E-state index contributed by atoms with van der Waals surface area (Å²) >= 11 is 0. The van der Waals surface area contributed by atoms with Crippen molar-refractivity contribution in [2.24, 2.45) is 0 Å². The number of halogens is 3. The molecule has 0 saturated heterocycles. The van der Waals surface area contributed by atoms with Crippen LogP contribution in [0.3, 0.4) is 0 Å². The summed E-state index contributed by atoms with van der Waals surface area (Å²) in [6, 6.07) is 15.8. The van der Waals surface area contributed by atoms with Crippen molar-refractivity contribution < 1.29 is 17.7 Å². The lowest BCUT2D eigenvalue weighted by Crippen LogP contribution is -2.45. The molecule has 1 N–H and O–H groups in total. The van der Waals surface area contributed by atoms with E-state index in [0.29, 0.717) is 23.3 Å². The summed E-state index contributed by atoms with van der Waals surface area (Å²) in [7, 11) is 0. The number of nitrogens with zero attached hydrogens (tertiary/aromatic N) is 2. The minimum Gasteiger partial charge on any atom is -0.334 e. The van der Waals surface area contributed by atoms with E-state index in [4.69, 9.17) is 4.52 Å². The molecule has 0 bridgehead atoms. The summed E-state index contributed by atoms with van der Waals surface area (Å²) in [5.74, 6) is 1.46. The first kappa shape index (κ1) is 19.3. The van der Waals surface area contributed by atoms with Gasteiger partial charge in [-0.1, -0.05) is 41.9 Å². The van der Waals surface area contributed by atoms with Crippen LogP contribution in [-0.4, -0.2) is 22.7 Å². The highest BCUT2D eigenvalue weighted by Crippen LogP contribution is 2.45. The first-order chi connectivity index (χ1) is 14.4. The first-order valence-corrected chi connectivity index (χ1v) is 10.2. The van der Waals surface area contributed by atoms with E-state index in [1.54, 1.807) is 0 Å². The maximum absolute atomic E-state index is 12.8. The highest BCUT2D eigenvalue weighted by atomic mass is 19.4. The maximum atomic E-state index is 12.8. The summed E-state index contributed by atoms with van der Waals surface area (Å²) in [6.45, 7) is 0.785. The van der Waals surface area contributed by atoms with Crippen molar-refractivity contribution in [2.45, 2.75) is 49.2 Å². The quantitative estimate of drug-likeness (QED) is 0.594. The van der Waals surface area contributed by atoms with Gasteiger partial charge in [0.1, 0.15) is 0 Å². The van der Waals surface area contributed by atoms with E-state index >= 15 is 0 Å². The van der Waals surface area contributed by atoms with Gasteiger partial charge in [-0.2, -0.15) is 18.2 Å². The average Bonchev–Trinajstić information content (AvgIpc) is 3.33. The smallest absolute Gasteiger partial charge is 0.334 e. The van der Waals surface area contributed by atoms with Gasteiger partial charge in [0.15, 0.2) is 5.82 Å². The number of hydrogen-bond acceptors (Lipinski definition) is 4. The minimum absolute atomic E-state index is 0.155. The van der Waals surface area contributed by atoms with Gasteiger partial charge in [0, 0.05) is 29.5 Å². The number of benzene rings is 2. The fourth-order valence-electron chi connectivity index (χ4n) is 4.26. The maximum Gasteiger partial charge on any atom is 0.416 e. The Balaban J connectivity index is 1.26. The Kier molecular flexibility index (Phi) is 4.65. The highest BCUT2D eigenvalue weighted by Gasteiger charge is 2.46. The van der Waals surface area contributed by atoms with Gasteiger partial charge in [0.25, 0.3) is 5.89 Å². The molecule has 1 heterocycles. The van der Waals surface area contributed by atoms with Crippen LogP contribution in [0.15, 0.2) is 59.1 Å². The van der Waals surface area contributed by atoms with Gasteiger partial charge in [0.05, 0.1) is 5.56 Å². The summed E-state index contributed by atoms with van der Waals surface area (Å²) < 4.78 is 43.7. The van der Waals surface area contributed by atoms with Gasteiger partial charge >= 0.3 is 6.18 Å². The Morgan fingerprint density at radius 2 is 1.77 bits per heavy atom. The third-order valence-electron chi connectivity index (χ3n) is 6.39. The fraction of sp³-hybridized carbons (Fsp3) is 0.391. The zero-order valence-corrected chi connectivity index (χ0v) is 16.3. The monoisotopic (exact) mass is 413 g/mol. The molecule has 2 atom stereocenters. The van der Waals surface area contributed by atoms with Crippen molar-refractivity contribution in [3.63, 3.8) is 0 Å². The average molecular weight is 413 g/mol. The van der Waals surface area contributed by atoms with E-state index < -0.39 is 11.7 Å². The van der Waals surface area contributed by atoms with Crippen LogP contribution < -0.4 is 5.32 Å². The minimum atomic E-state index is -4.36. The van der Waals surface area contributed by atoms with Gasteiger partial charge in [0.2, 0.25) is 0 Å². The molecule has 2 saturated carbocycles. The zero-order valence-electron chi connectivity index (χ0n) is 16.3. The van der Waals surface area contributed by atoms with Crippen LogP contribution in [0.25, 0.3) is 11.5 Å². The van der Waals surface area contributed by atoms with Gasteiger partial charge in [-0.15, -0.1) is 0 Å². The third-order valence-corrected chi connectivity index (χ3v) is 6.39. The number of hydrogen-bond donors (Lipinski definition) is 1. The predicted molar refractivity (Wildman–Crippen MR) is 106 cm³/mol. The molecular formula is C23H22F3N3O. The van der Waals surface area contributed by atoms with Gasteiger partial charge in [-0.05, 0) is 49.1 Å². The van der Waals surface area contributed by atoms with Crippen molar-refractivity contribution in [3.05, 3.63) is 71.5 Å². The standard InChI is InChI=1S/C23H22F3N3O/c24-23(25,26)17-9-7-16(8-10-17)20-28-21(29-30-20)22(11-4-12-22)14-27-19-13-18(19)15-5-2-1-3-6-15/h1-3,5-10,18-19,27H,4,11-14H2/t18-,19?/m1/s1. The summed E-state index contributed by atoms with van der Waals surface area (Å²) in [4.78, 5) is 4.54. The lowest BCUT2D eigenvalue weighted by molar-refractivity contribution is -0.137. The molecule has 2 aliphatic rings. The second kappa shape index (κ2) is 7.23. The van der Waals surface area contributed by atoms with Crippen LogP contribution in [0.1, 0.15) is 48.6 Å². The zero-order chi connectivity index (χ0) is 20.8. The molecule has 5 rings (SSSR count). The topological polar surface area (TPSA) is 51.0 Å². The molecule has 3 aromatic rings. The van der Waals surface area contributed by atoms with Crippen molar-refractivity contribution in [1.29, 1.82) is 0 Å². The largest absolute Gasteiger partial charge is 0.416 e. The van der Waals surface area contributed by atoms with Crippen LogP contribution in [0.2, 0.25) is 0 Å². The van der Waals surface area contributed by atoms with Crippen molar-refractivity contribution >= 4 is 0 Å². The molecule has 0 spiro atoms. The second-order valence-corrected chi connectivity index (χ2v) is 8.37. The highest BCUT2D eigenvalue weighted by molar-refractivity contribution is 5.53. The molecule has 156 valence electrons. The Labute approximate surface area is 172 Å². The van der Waals surface area contributed by atoms with E-state index in [2.05, 4.69) is 39.7 Å². The molecule has 2 aliphatic carbocycles. The Morgan fingerprint density at radius 3 is 2.40 bits per heavy atom. The van der Waals surface area contributed by atoms with Gasteiger partial charge < -0.3 is 9.84 Å². The summed E-state index contributed by atoms with van der Waals surface area (Å²) in [5.41, 5.74) is 1.01. The van der Waals surface area contributed by atoms with Crippen molar-refractivity contribution in [2.75, 3.05) is 6.54 Å². The van der Waals surface area contributed by atoms with Gasteiger partial charge in [-0.25, -0.2) is 0 Å². The van der Waals surface area contributed by atoms with Crippen molar-refractivity contribution in [1.82, 2.24) is 15.5 Å². The van der Waals surface area contributed by atoms with E-state index in [-0.39, 0.29) is 11.3 Å². The fourth-order valence-corrected chi connectivity index (χ4v) is 4.26. The molecule has 2 fully saturated rings. The van der Waals surface area contributed by atoms with Crippen LogP contribution in [-0.2, 0) is 11.6 Å². The van der Waals surface area contributed by atoms with Crippen LogP contribution in [0.4, 0.5) is 13.2 Å².